The molecule has 5 rings (SSSR count). The summed E-state index contributed by atoms with van der Waals surface area (Å²) in [6.45, 7) is 5.33. The maximum atomic E-state index is 14.5. The summed E-state index contributed by atoms with van der Waals surface area (Å²) in [5.41, 5.74) is 3.86. The number of hydrogen-bond acceptors (Lipinski definition) is 7. The number of rotatable bonds is 22. The van der Waals surface area contributed by atoms with E-state index in [0.29, 0.717) is 19.4 Å². The molecule has 0 N–H and O–H groups in total. The van der Waals surface area contributed by atoms with E-state index in [4.69, 9.17) is 23.7 Å². The summed E-state index contributed by atoms with van der Waals surface area (Å²) < 4.78 is 32.9. The topological polar surface area (TPSA) is 80.3 Å². The van der Waals surface area contributed by atoms with Crippen LogP contribution < -0.4 is 0 Å². The number of carbonyl (C=O) groups is 2. The molecule has 51 heavy (non-hydrogen) atoms. The molecule has 1 aliphatic carbocycles. The van der Waals surface area contributed by atoms with Crippen molar-refractivity contribution in [1.82, 2.24) is 0 Å². The molecule has 0 heterocycles. The van der Waals surface area contributed by atoms with Crippen LogP contribution in [0.15, 0.2) is 134 Å². The fourth-order valence-corrected chi connectivity index (χ4v) is 6.42. The summed E-state index contributed by atoms with van der Waals surface area (Å²) in [7, 11) is 0. The van der Waals surface area contributed by atoms with E-state index in [2.05, 4.69) is 6.58 Å². The second-order valence-electron chi connectivity index (χ2n) is 13.1. The van der Waals surface area contributed by atoms with Crippen LogP contribution in [-0.2, 0) is 59.7 Å². The highest BCUT2D eigenvalue weighted by atomic mass is 16.6. The van der Waals surface area contributed by atoms with Crippen molar-refractivity contribution < 1.29 is 33.3 Å². The number of benzene rings is 4. The van der Waals surface area contributed by atoms with Crippen LogP contribution in [0.5, 0.6) is 0 Å². The number of Topliss-reactive ketones (excluding diaryl/α,β-unsaturated/α-hetero) is 2. The minimum Gasteiger partial charge on any atom is -0.374 e. The molecule has 1 saturated carbocycles. The van der Waals surface area contributed by atoms with Crippen molar-refractivity contribution in [1.29, 1.82) is 0 Å². The van der Waals surface area contributed by atoms with Crippen molar-refractivity contribution in [2.24, 2.45) is 5.92 Å². The van der Waals surface area contributed by atoms with Crippen LogP contribution in [-0.4, -0.2) is 49.2 Å². The normalized spacial score (nSPS) is 16.9. The first-order valence-corrected chi connectivity index (χ1v) is 17.9. The predicted octanol–water partition coefficient (Wildman–Crippen LogP) is 8.25. The zero-order chi connectivity index (χ0) is 35.5. The first-order valence-electron chi connectivity index (χ1n) is 17.9. The molecule has 4 aromatic carbocycles. The van der Waals surface area contributed by atoms with Crippen molar-refractivity contribution in [3.05, 3.63) is 156 Å². The van der Waals surface area contributed by atoms with Crippen LogP contribution >= 0.6 is 0 Å². The Labute approximate surface area is 302 Å². The second-order valence-corrected chi connectivity index (χ2v) is 13.1. The third kappa shape index (κ3) is 12.8. The molecule has 0 saturated heterocycles. The Hall–Kier alpha value is -4.24. The van der Waals surface area contributed by atoms with Gasteiger partial charge in [-0.15, -0.1) is 6.58 Å². The van der Waals surface area contributed by atoms with E-state index >= 15 is 0 Å². The number of ketones is 2. The van der Waals surface area contributed by atoms with E-state index < -0.39 is 24.4 Å². The maximum Gasteiger partial charge on any atom is 0.164 e. The fraction of sp³-hybridized carbons (Fsp3) is 0.364. The highest BCUT2D eigenvalue weighted by Gasteiger charge is 2.42. The van der Waals surface area contributed by atoms with E-state index in [9.17, 15) is 9.59 Å². The number of carbonyl (C=O) groups excluding carboxylic acids is 2. The van der Waals surface area contributed by atoms with Crippen LogP contribution in [0, 0.1) is 5.92 Å². The third-order valence-electron chi connectivity index (χ3n) is 9.04. The van der Waals surface area contributed by atoms with Crippen molar-refractivity contribution in [2.45, 2.75) is 82.9 Å². The van der Waals surface area contributed by atoms with Crippen molar-refractivity contribution in [3.8, 4) is 0 Å². The Kier molecular flexibility index (Phi) is 15.8. The standard InChI is InChI=1S/C44H50O7/c1-2-26-48-41(33-47-29-34-16-7-3-8-17-34)43(50-31-36-20-11-5-12-21-36)44(51-32-37-22-13-6-14-23-37)42(49-30-35-18-9-4-10-19-35)40(46)28-38-24-15-25-39(45)27-38/h2-14,16-23,38,41-44H,1,15,24-33H2/t38?,41?,42?,43-,44?/m0/s1. The molecule has 1 aliphatic rings. The third-order valence-corrected chi connectivity index (χ3v) is 9.04. The molecule has 268 valence electrons. The molecule has 4 unspecified atom stereocenters. The van der Waals surface area contributed by atoms with Gasteiger partial charge in [-0.25, -0.2) is 0 Å². The van der Waals surface area contributed by atoms with Crippen LogP contribution in [0.3, 0.4) is 0 Å². The Balaban J connectivity index is 1.50. The highest BCUT2D eigenvalue weighted by Crippen LogP contribution is 2.29. The first kappa shape index (κ1) is 38.0. The lowest BCUT2D eigenvalue weighted by Gasteiger charge is -2.37. The van der Waals surface area contributed by atoms with Crippen LogP contribution in [0.1, 0.15) is 54.4 Å². The van der Waals surface area contributed by atoms with Gasteiger partial charge in [-0.05, 0) is 41.0 Å². The zero-order valence-corrected chi connectivity index (χ0v) is 29.4. The zero-order valence-electron chi connectivity index (χ0n) is 29.4. The van der Waals surface area contributed by atoms with Gasteiger partial charge < -0.3 is 23.7 Å². The maximum absolute atomic E-state index is 14.5. The van der Waals surface area contributed by atoms with Gasteiger partial charge in [0.15, 0.2) is 5.78 Å². The lowest BCUT2D eigenvalue weighted by molar-refractivity contribution is -0.197. The molecular formula is C44H50O7. The number of ether oxygens (including phenoxy) is 5. The summed E-state index contributed by atoms with van der Waals surface area (Å²) in [5.74, 6) is 0.0435. The quantitative estimate of drug-likeness (QED) is 0.0769. The Morgan fingerprint density at radius 1 is 0.667 bits per heavy atom. The van der Waals surface area contributed by atoms with Gasteiger partial charge in [0.1, 0.15) is 30.2 Å². The Morgan fingerprint density at radius 2 is 1.16 bits per heavy atom. The molecule has 0 amide bonds. The van der Waals surface area contributed by atoms with E-state index in [1.807, 2.05) is 121 Å². The average molecular weight is 691 g/mol. The van der Waals surface area contributed by atoms with Crippen LogP contribution in [0.2, 0.25) is 0 Å². The van der Waals surface area contributed by atoms with E-state index in [0.717, 1.165) is 35.1 Å². The van der Waals surface area contributed by atoms with E-state index in [-0.39, 0.29) is 56.9 Å². The molecule has 7 heteroatoms. The summed E-state index contributed by atoms with van der Waals surface area (Å²) in [6.07, 6.45) is 1.14. The van der Waals surface area contributed by atoms with Gasteiger partial charge >= 0.3 is 0 Å². The molecule has 0 spiro atoms. The van der Waals surface area contributed by atoms with Gasteiger partial charge in [-0.2, -0.15) is 0 Å². The monoisotopic (exact) mass is 690 g/mol. The SMILES string of the molecule is C=CCOC(COCc1ccccc1)[C@H](OCc1ccccc1)C(OCc1ccccc1)C(OCc1ccccc1)C(=O)CC1CCCC(=O)C1. The Morgan fingerprint density at radius 3 is 1.67 bits per heavy atom. The van der Waals surface area contributed by atoms with Gasteiger partial charge in [-0.1, -0.05) is 127 Å². The van der Waals surface area contributed by atoms with Gasteiger partial charge in [0, 0.05) is 19.3 Å². The molecule has 5 atom stereocenters. The lowest BCUT2D eigenvalue weighted by Crippen LogP contribution is -2.53. The second kappa shape index (κ2) is 21.2. The summed E-state index contributed by atoms with van der Waals surface area (Å²) in [5, 5.41) is 0. The van der Waals surface area contributed by atoms with Gasteiger partial charge in [-0.3, -0.25) is 9.59 Å². The molecule has 1 fully saturated rings. The fourth-order valence-electron chi connectivity index (χ4n) is 6.42. The van der Waals surface area contributed by atoms with Crippen LogP contribution in [0.4, 0.5) is 0 Å². The van der Waals surface area contributed by atoms with Gasteiger partial charge in [0.05, 0.1) is 39.6 Å². The smallest absolute Gasteiger partial charge is 0.164 e. The summed E-state index contributed by atoms with van der Waals surface area (Å²) in [6, 6.07) is 39.5. The van der Waals surface area contributed by atoms with Gasteiger partial charge in [0.25, 0.3) is 0 Å². The average Bonchev–Trinajstić information content (AvgIpc) is 3.17. The van der Waals surface area contributed by atoms with Crippen molar-refractivity contribution in [3.63, 3.8) is 0 Å². The summed E-state index contributed by atoms with van der Waals surface area (Å²) in [4.78, 5) is 27.0. The number of hydrogen-bond donors (Lipinski definition) is 0. The van der Waals surface area contributed by atoms with E-state index in [1.165, 1.54) is 0 Å². The Bertz CT molecular complexity index is 1580. The minimum absolute atomic E-state index is 0.0398. The molecule has 0 aliphatic heterocycles. The first-order chi connectivity index (χ1) is 25.1. The highest BCUT2D eigenvalue weighted by molar-refractivity contribution is 5.85. The summed E-state index contributed by atoms with van der Waals surface area (Å²) >= 11 is 0. The molecule has 0 aromatic heterocycles. The van der Waals surface area contributed by atoms with Crippen LogP contribution in [0.25, 0.3) is 0 Å². The van der Waals surface area contributed by atoms with Crippen molar-refractivity contribution in [2.75, 3.05) is 13.2 Å². The molecule has 4 aromatic rings. The molecule has 0 radical (unpaired) electrons. The van der Waals surface area contributed by atoms with Gasteiger partial charge in [0.2, 0.25) is 0 Å². The lowest BCUT2D eigenvalue weighted by atomic mass is 9.83. The minimum atomic E-state index is -1.02. The van der Waals surface area contributed by atoms with Crippen molar-refractivity contribution >= 4 is 11.6 Å². The predicted molar refractivity (Wildman–Crippen MR) is 198 cm³/mol. The molecular weight excluding hydrogens is 640 g/mol. The largest absolute Gasteiger partial charge is 0.374 e. The van der Waals surface area contributed by atoms with E-state index in [1.54, 1.807) is 6.08 Å². The molecule has 0 bridgehead atoms. The molecule has 7 nitrogen and oxygen atoms in total.